The van der Waals surface area contributed by atoms with Crippen molar-refractivity contribution in [3.05, 3.63) is 33.5 Å². The third-order valence-electron chi connectivity index (χ3n) is 2.38. The lowest BCUT2D eigenvalue weighted by molar-refractivity contribution is 0.176. The Hall–Kier alpha value is -0.910. The summed E-state index contributed by atoms with van der Waals surface area (Å²) in [6.45, 7) is 4.13. The number of nitrogens with zero attached hydrogens (tertiary/aromatic N) is 3. The van der Waals surface area contributed by atoms with Crippen LogP contribution < -0.4 is 0 Å². The van der Waals surface area contributed by atoms with Gasteiger partial charge in [0.2, 0.25) is 0 Å². The first-order valence-corrected chi connectivity index (χ1v) is 6.59. The van der Waals surface area contributed by atoms with Crippen LogP contribution in [0.25, 0.3) is 0 Å². The average Bonchev–Trinajstić information content (AvgIpc) is 2.86. The van der Waals surface area contributed by atoms with Crippen molar-refractivity contribution in [1.82, 2.24) is 14.8 Å². The van der Waals surface area contributed by atoms with Gasteiger partial charge in [0.1, 0.15) is 15.4 Å². The van der Waals surface area contributed by atoms with Gasteiger partial charge in [0, 0.05) is 18.7 Å². The van der Waals surface area contributed by atoms with Crippen LogP contribution in [0.3, 0.4) is 0 Å². The van der Waals surface area contributed by atoms with Gasteiger partial charge in [-0.2, -0.15) is 5.10 Å². The number of thiazole rings is 1. The summed E-state index contributed by atoms with van der Waals surface area (Å²) < 4.78 is 2.46. The molecule has 0 fully saturated rings. The molecule has 1 unspecified atom stereocenters. The molecule has 0 aliphatic carbocycles. The van der Waals surface area contributed by atoms with E-state index >= 15 is 0 Å². The first-order valence-electron chi connectivity index (χ1n) is 5.39. The van der Waals surface area contributed by atoms with Crippen molar-refractivity contribution in [2.45, 2.75) is 32.4 Å². The number of rotatable bonds is 4. The minimum Gasteiger partial charge on any atom is -0.386 e. The van der Waals surface area contributed by atoms with Crippen LogP contribution in [0, 0.1) is 0 Å². The highest BCUT2D eigenvalue weighted by atomic mass is 35.5. The Kier molecular flexibility index (Phi) is 3.81. The van der Waals surface area contributed by atoms with E-state index in [2.05, 4.69) is 23.9 Å². The fourth-order valence-corrected chi connectivity index (χ4v) is 2.40. The summed E-state index contributed by atoms with van der Waals surface area (Å²) in [7, 11) is 0. The van der Waals surface area contributed by atoms with Gasteiger partial charge in [-0.05, 0) is 19.9 Å². The van der Waals surface area contributed by atoms with Crippen LogP contribution in [-0.4, -0.2) is 19.9 Å². The van der Waals surface area contributed by atoms with E-state index in [1.165, 1.54) is 11.3 Å². The Morgan fingerprint density at radius 3 is 2.82 bits per heavy atom. The summed E-state index contributed by atoms with van der Waals surface area (Å²) in [6, 6.07) is 2.24. The van der Waals surface area contributed by atoms with E-state index in [-0.39, 0.29) is 0 Å². The molecule has 0 aliphatic rings. The fraction of sp³-hybridized carbons (Fsp3) is 0.455. The molecular weight excluding hydrogens is 258 g/mol. The molecule has 0 spiro atoms. The summed E-state index contributed by atoms with van der Waals surface area (Å²) >= 11 is 7.08. The van der Waals surface area contributed by atoms with Crippen molar-refractivity contribution >= 4 is 22.9 Å². The van der Waals surface area contributed by atoms with Crippen LogP contribution in [0.5, 0.6) is 0 Å². The number of aromatic nitrogens is 3. The first-order chi connectivity index (χ1) is 8.06. The smallest absolute Gasteiger partial charge is 0.123 e. The van der Waals surface area contributed by atoms with Gasteiger partial charge in [-0.1, -0.05) is 11.6 Å². The largest absolute Gasteiger partial charge is 0.386 e. The molecule has 0 amide bonds. The molecule has 0 aliphatic heterocycles. The molecule has 2 aromatic rings. The highest BCUT2D eigenvalue weighted by Gasteiger charge is 2.14. The maximum atomic E-state index is 9.98. The molecule has 0 saturated carbocycles. The van der Waals surface area contributed by atoms with Crippen LogP contribution in [0.15, 0.2) is 18.5 Å². The molecule has 0 saturated heterocycles. The zero-order chi connectivity index (χ0) is 12.4. The van der Waals surface area contributed by atoms with Crippen molar-refractivity contribution in [3.63, 3.8) is 0 Å². The van der Waals surface area contributed by atoms with E-state index < -0.39 is 6.10 Å². The topological polar surface area (TPSA) is 50.9 Å². The lowest BCUT2D eigenvalue weighted by Gasteiger charge is -2.06. The maximum absolute atomic E-state index is 9.98. The first kappa shape index (κ1) is 12.5. The van der Waals surface area contributed by atoms with Gasteiger partial charge in [0.05, 0.1) is 11.9 Å². The van der Waals surface area contributed by atoms with Crippen LogP contribution in [0.4, 0.5) is 0 Å². The van der Waals surface area contributed by atoms with E-state index in [4.69, 9.17) is 11.6 Å². The van der Waals surface area contributed by atoms with Crippen LogP contribution in [0.2, 0.25) is 4.34 Å². The Labute approximate surface area is 109 Å². The number of hydrogen-bond donors (Lipinski definition) is 1. The van der Waals surface area contributed by atoms with Crippen molar-refractivity contribution in [2.24, 2.45) is 0 Å². The zero-order valence-corrected chi connectivity index (χ0v) is 11.2. The molecule has 0 radical (unpaired) electrons. The average molecular weight is 272 g/mol. The van der Waals surface area contributed by atoms with Gasteiger partial charge < -0.3 is 5.11 Å². The standard InChI is InChI=1S/C11H14ClN3OS/c1-7(2)15-4-3-8(14-15)5-9(16)11-13-6-10(12)17-11/h3-4,6-7,9,16H,5H2,1-2H3. The van der Waals surface area contributed by atoms with E-state index in [0.717, 1.165) is 5.69 Å². The fourth-order valence-electron chi connectivity index (χ4n) is 1.48. The van der Waals surface area contributed by atoms with Crippen molar-refractivity contribution in [3.8, 4) is 0 Å². The normalized spacial score (nSPS) is 13.2. The van der Waals surface area contributed by atoms with Gasteiger partial charge in [0.15, 0.2) is 0 Å². The molecule has 2 rings (SSSR count). The van der Waals surface area contributed by atoms with E-state index in [9.17, 15) is 5.11 Å². The molecule has 1 atom stereocenters. The highest BCUT2D eigenvalue weighted by molar-refractivity contribution is 7.15. The lowest BCUT2D eigenvalue weighted by atomic mass is 10.2. The number of halogens is 1. The van der Waals surface area contributed by atoms with Gasteiger partial charge in [-0.3, -0.25) is 4.68 Å². The maximum Gasteiger partial charge on any atom is 0.123 e. The van der Waals surface area contributed by atoms with Gasteiger partial charge >= 0.3 is 0 Å². The molecule has 1 N–H and O–H groups in total. The molecule has 2 aromatic heterocycles. The lowest BCUT2D eigenvalue weighted by Crippen LogP contribution is -2.05. The van der Waals surface area contributed by atoms with Crippen LogP contribution in [0.1, 0.15) is 36.7 Å². The third kappa shape index (κ3) is 3.06. The molecule has 4 nitrogen and oxygen atoms in total. The second kappa shape index (κ2) is 5.16. The monoisotopic (exact) mass is 271 g/mol. The Balaban J connectivity index is 2.05. The molecule has 0 bridgehead atoms. The second-order valence-corrected chi connectivity index (χ2v) is 5.80. The minimum absolute atomic E-state index is 0.329. The number of hydrogen-bond acceptors (Lipinski definition) is 4. The van der Waals surface area contributed by atoms with Crippen molar-refractivity contribution < 1.29 is 5.11 Å². The van der Waals surface area contributed by atoms with Crippen molar-refractivity contribution in [2.75, 3.05) is 0 Å². The second-order valence-electron chi connectivity index (χ2n) is 4.10. The molecule has 2 heterocycles. The summed E-state index contributed by atoms with van der Waals surface area (Å²) in [5, 5.41) is 15.0. The molecule has 92 valence electrons. The van der Waals surface area contributed by atoms with Gasteiger partial charge in [-0.15, -0.1) is 11.3 Å². The molecule has 6 heteroatoms. The predicted molar refractivity (Wildman–Crippen MR) is 68.4 cm³/mol. The van der Waals surface area contributed by atoms with Gasteiger partial charge in [0.25, 0.3) is 0 Å². The van der Waals surface area contributed by atoms with E-state index in [0.29, 0.717) is 21.8 Å². The Morgan fingerprint density at radius 1 is 1.53 bits per heavy atom. The number of aliphatic hydroxyl groups excluding tert-OH is 1. The summed E-state index contributed by atoms with van der Waals surface area (Å²) in [4.78, 5) is 4.06. The summed E-state index contributed by atoms with van der Waals surface area (Å²) in [6.07, 6.45) is 3.30. The SMILES string of the molecule is CC(C)n1ccc(CC(O)c2ncc(Cl)s2)n1. The Bertz CT molecular complexity index is 494. The van der Waals surface area contributed by atoms with Crippen molar-refractivity contribution in [1.29, 1.82) is 0 Å². The van der Waals surface area contributed by atoms with Crippen LogP contribution in [-0.2, 0) is 6.42 Å². The zero-order valence-electron chi connectivity index (χ0n) is 9.67. The predicted octanol–water partition coefficient (Wildman–Crippen LogP) is 2.85. The van der Waals surface area contributed by atoms with Crippen LogP contribution >= 0.6 is 22.9 Å². The Morgan fingerprint density at radius 2 is 2.29 bits per heavy atom. The quantitative estimate of drug-likeness (QED) is 0.930. The highest BCUT2D eigenvalue weighted by Crippen LogP contribution is 2.25. The van der Waals surface area contributed by atoms with Gasteiger partial charge in [-0.25, -0.2) is 4.98 Å². The molecule has 0 aromatic carbocycles. The molecular formula is C11H14ClN3OS. The van der Waals surface area contributed by atoms with E-state index in [1.807, 2.05) is 16.9 Å². The minimum atomic E-state index is -0.636. The summed E-state index contributed by atoms with van der Waals surface area (Å²) in [5.74, 6) is 0. The number of aliphatic hydroxyl groups is 1. The summed E-state index contributed by atoms with van der Waals surface area (Å²) in [5.41, 5.74) is 0.859. The third-order valence-corrected chi connectivity index (χ3v) is 3.59. The molecule has 17 heavy (non-hydrogen) atoms. The van der Waals surface area contributed by atoms with E-state index in [1.54, 1.807) is 6.20 Å².